The zero-order chi connectivity index (χ0) is 10.6. The molecular formula is C8H15NO4S. The van der Waals surface area contributed by atoms with Gasteiger partial charge in [-0.15, -0.1) is 0 Å². The van der Waals surface area contributed by atoms with Crippen molar-refractivity contribution in [3.63, 3.8) is 0 Å². The molecule has 1 saturated carbocycles. The molecule has 5 nitrogen and oxygen atoms in total. The Morgan fingerprint density at radius 1 is 1.50 bits per heavy atom. The number of sulfone groups is 1. The van der Waals surface area contributed by atoms with Crippen molar-refractivity contribution >= 4 is 15.8 Å². The van der Waals surface area contributed by atoms with Gasteiger partial charge in [0.1, 0.15) is 5.75 Å². The van der Waals surface area contributed by atoms with Crippen LogP contribution in [0.1, 0.15) is 12.8 Å². The Morgan fingerprint density at radius 3 is 2.64 bits per heavy atom. The first kappa shape index (κ1) is 11.5. The van der Waals surface area contributed by atoms with Gasteiger partial charge < -0.3 is 10.1 Å². The third kappa shape index (κ3) is 4.57. The van der Waals surface area contributed by atoms with Crippen LogP contribution in [-0.4, -0.2) is 45.6 Å². The third-order valence-corrected chi connectivity index (χ3v) is 3.49. The molecule has 0 radical (unpaired) electrons. The van der Waals surface area contributed by atoms with Crippen LogP contribution in [0.4, 0.5) is 0 Å². The summed E-state index contributed by atoms with van der Waals surface area (Å²) in [5.74, 6) is -1.22. The van der Waals surface area contributed by atoms with E-state index in [1.54, 1.807) is 0 Å². The van der Waals surface area contributed by atoms with Crippen molar-refractivity contribution < 1.29 is 17.9 Å². The highest BCUT2D eigenvalue weighted by molar-refractivity contribution is 7.92. The SMILES string of the molecule is COC(=O)CS(=O)(=O)CCNC1CC1. The van der Waals surface area contributed by atoms with Crippen LogP contribution in [0.5, 0.6) is 0 Å². The second-order valence-corrected chi connectivity index (χ2v) is 5.58. The van der Waals surface area contributed by atoms with Crippen LogP contribution in [0.25, 0.3) is 0 Å². The lowest BCUT2D eigenvalue weighted by atomic mass is 10.6. The van der Waals surface area contributed by atoms with Crippen molar-refractivity contribution in [1.29, 1.82) is 0 Å². The number of carbonyl (C=O) groups excluding carboxylic acids is 1. The summed E-state index contributed by atoms with van der Waals surface area (Å²) in [5, 5.41) is 3.07. The standard InChI is InChI=1S/C8H15NO4S/c1-13-8(10)6-14(11,12)5-4-9-7-2-3-7/h7,9H,2-6H2,1H3. The average molecular weight is 221 g/mol. The molecule has 1 rings (SSSR count). The van der Waals surface area contributed by atoms with Gasteiger partial charge in [0.05, 0.1) is 12.9 Å². The fourth-order valence-corrected chi connectivity index (χ4v) is 2.07. The second kappa shape index (κ2) is 4.75. The molecule has 1 aliphatic carbocycles. The lowest BCUT2D eigenvalue weighted by molar-refractivity contribution is -0.137. The molecule has 0 aliphatic heterocycles. The van der Waals surface area contributed by atoms with E-state index in [0.29, 0.717) is 12.6 Å². The molecule has 82 valence electrons. The smallest absolute Gasteiger partial charge is 0.320 e. The number of methoxy groups -OCH3 is 1. The number of carbonyl (C=O) groups is 1. The summed E-state index contributed by atoms with van der Waals surface area (Å²) in [5.41, 5.74) is 0. The predicted molar refractivity (Wildman–Crippen MR) is 51.7 cm³/mol. The topological polar surface area (TPSA) is 72.5 Å². The van der Waals surface area contributed by atoms with Crippen LogP contribution in [0.3, 0.4) is 0 Å². The zero-order valence-corrected chi connectivity index (χ0v) is 8.97. The van der Waals surface area contributed by atoms with E-state index in [2.05, 4.69) is 10.1 Å². The van der Waals surface area contributed by atoms with Gasteiger partial charge in [-0.25, -0.2) is 8.42 Å². The van der Waals surface area contributed by atoms with E-state index in [0.717, 1.165) is 12.8 Å². The summed E-state index contributed by atoms with van der Waals surface area (Å²) < 4.78 is 26.8. The Balaban J connectivity index is 2.21. The highest BCUT2D eigenvalue weighted by atomic mass is 32.2. The van der Waals surface area contributed by atoms with E-state index in [4.69, 9.17) is 0 Å². The summed E-state index contributed by atoms with van der Waals surface area (Å²) in [4.78, 5) is 10.7. The fourth-order valence-electron chi connectivity index (χ4n) is 1.02. The van der Waals surface area contributed by atoms with Crippen LogP contribution in [-0.2, 0) is 19.4 Å². The van der Waals surface area contributed by atoms with Crippen molar-refractivity contribution in [2.24, 2.45) is 0 Å². The molecule has 1 aliphatic rings. The maximum atomic E-state index is 11.3. The minimum Gasteiger partial charge on any atom is -0.468 e. The fraction of sp³-hybridized carbons (Fsp3) is 0.875. The predicted octanol–water partition coefficient (Wildman–Crippen LogP) is -0.674. The molecule has 0 aromatic rings. The van der Waals surface area contributed by atoms with Gasteiger partial charge >= 0.3 is 5.97 Å². The molecule has 0 bridgehead atoms. The number of hydrogen-bond acceptors (Lipinski definition) is 5. The van der Waals surface area contributed by atoms with E-state index < -0.39 is 21.6 Å². The Hall–Kier alpha value is -0.620. The lowest BCUT2D eigenvalue weighted by Crippen LogP contribution is -2.28. The Bertz CT molecular complexity index is 294. The van der Waals surface area contributed by atoms with Crippen LogP contribution < -0.4 is 5.32 Å². The van der Waals surface area contributed by atoms with Gasteiger partial charge in [-0.3, -0.25) is 4.79 Å². The number of esters is 1. The Labute approximate surface area is 83.7 Å². The Morgan fingerprint density at radius 2 is 2.14 bits per heavy atom. The molecule has 14 heavy (non-hydrogen) atoms. The van der Waals surface area contributed by atoms with Gasteiger partial charge in [0, 0.05) is 12.6 Å². The maximum absolute atomic E-state index is 11.3. The van der Waals surface area contributed by atoms with Gasteiger partial charge in [-0.2, -0.15) is 0 Å². The summed E-state index contributed by atoms with van der Waals surface area (Å²) >= 11 is 0. The quantitative estimate of drug-likeness (QED) is 0.602. The van der Waals surface area contributed by atoms with Crippen molar-refractivity contribution in [3.8, 4) is 0 Å². The van der Waals surface area contributed by atoms with Gasteiger partial charge in [-0.1, -0.05) is 0 Å². The van der Waals surface area contributed by atoms with Crippen molar-refractivity contribution in [2.45, 2.75) is 18.9 Å². The third-order valence-electron chi connectivity index (χ3n) is 1.99. The average Bonchev–Trinajstić information content (AvgIpc) is 2.87. The highest BCUT2D eigenvalue weighted by Crippen LogP contribution is 2.18. The van der Waals surface area contributed by atoms with Crippen molar-refractivity contribution in [3.05, 3.63) is 0 Å². The van der Waals surface area contributed by atoms with E-state index in [1.807, 2.05) is 0 Å². The van der Waals surface area contributed by atoms with Crippen molar-refractivity contribution in [2.75, 3.05) is 25.2 Å². The molecule has 0 aromatic heterocycles. The molecule has 0 saturated heterocycles. The van der Waals surface area contributed by atoms with Crippen LogP contribution >= 0.6 is 0 Å². The van der Waals surface area contributed by atoms with Gasteiger partial charge in [0.15, 0.2) is 9.84 Å². The second-order valence-electron chi connectivity index (χ2n) is 3.40. The highest BCUT2D eigenvalue weighted by Gasteiger charge is 2.22. The summed E-state index contributed by atoms with van der Waals surface area (Å²) in [6.45, 7) is 0.421. The summed E-state index contributed by atoms with van der Waals surface area (Å²) in [7, 11) is -2.12. The first-order valence-corrected chi connectivity index (χ1v) is 6.36. The molecule has 6 heteroatoms. The zero-order valence-electron chi connectivity index (χ0n) is 8.15. The largest absolute Gasteiger partial charge is 0.468 e. The number of rotatable bonds is 6. The normalized spacial score (nSPS) is 16.6. The van der Waals surface area contributed by atoms with Crippen molar-refractivity contribution in [1.82, 2.24) is 5.32 Å². The molecule has 0 spiro atoms. The summed E-state index contributed by atoms with van der Waals surface area (Å²) in [6.07, 6.45) is 2.24. The lowest BCUT2D eigenvalue weighted by Gasteiger charge is -2.03. The number of nitrogens with one attached hydrogen (secondary N) is 1. The van der Waals surface area contributed by atoms with Crippen LogP contribution in [0, 0.1) is 0 Å². The van der Waals surface area contributed by atoms with E-state index in [-0.39, 0.29) is 5.75 Å². The van der Waals surface area contributed by atoms with Gasteiger partial charge in [0.2, 0.25) is 0 Å². The first-order valence-electron chi connectivity index (χ1n) is 4.54. The van der Waals surface area contributed by atoms with Crippen LogP contribution in [0.2, 0.25) is 0 Å². The Kier molecular flexibility index (Phi) is 3.88. The molecule has 0 aromatic carbocycles. The molecule has 1 N–H and O–H groups in total. The number of hydrogen-bond donors (Lipinski definition) is 1. The minimum atomic E-state index is -3.30. The van der Waals surface area contributed by atoms with Gasteiger partial charge in [0.25, 0.3) is 0 Å². The molecule has 0 atom stereocenters. The molecule has 0 amide bonds. The van der Waals surface area contributed by atoms with E-state index in [1.165, 1.54) is 7.11 Å². The summed E-state index contributed by atoms with van der Waals surface area (Å²) in [6, 6.07) is 0.489. The molecule has 1 fully saturated rings. The molecule has 0 heterocycles. The van der Waals surface area contributed by atoms with Gasteiger partial charge in [-0.05, 0) is 12.8 Å². The minimum absolute atomic E-state index is 0.00139. The maximum Gasteiger partial charge on any atom is 0.320 e. The van der Waals surface area contributed by atoms with Crippen LogP contribution in [0.15, 0.2) is 0 Å². The first-order chi connectivity index (χ1) is 6.53. The molecular weight excluding hydrogens is 206 g/mol. The number of ether oxygens (including phenoxy) is 1. The van der Waals surface area contributed by atoms with E-state index >= 15 is 0 Å². The molecule has 0 unspecified atom stereocenters. The van der Waals surface area contributed by atoms with E-state index in [9.17, 15) is 13.2 Å². The monoisotopic (exact) mass is 221 g/mol.